The van der Waals surface area contributed by atoms with Crippen molar-refractivity contribution in [1.29, 1.82) is 0 Å². The third-order valence-corrected chi connectivity index (χ3v) is 3.76. The number of carbonyl (C=O) groups excluding carboxylic acids is 1. The highest BCUT2D eigenvalue weighted by Gasteiger charge is 2.25. The predicted molar refractivity (Wildman–Crippen MR) is 82.1 cm³/mol. The fraction of sp³-hybridized carbons (Fsp3) is 0.933. The van der Waals surface area contributed by atoms with Crippen molar-refractivity contribution in [2.75, 3.05) is 68.0 Å². The standard InChI is InChI=1S/C7H16NO.C6H13NO.C2H4O3/c1-8(7-9-2)5-3-4-6-8;1-8-6-7-4-2-3-5-7;1-5-2(3)4/h3-7H2,1-2H3;2-6H2,1H3;1H3,(H,3,4)/q+1;;/p-1. The minimum atomic E-state index is -1.50. The van der Waals surface area contributed by atoms with E-state index in [0.717, 1.165) is 25.1 Å². The van der Waals surface area contributed by atoms with Crippen LogP contribution >= 0.6 is 0 Å². The minimum Gasteiger partial charge on any atom is -0.553 e. The van der Waals surface area contributed by atoms with E-state index < -0.39 is 6.16 Å². The Morgan fingerprint density at radius 1 is 1.05 bits per heavy atom. The molecule has 0 saturated carbocycles. The molecule has 2 aliphatic rings. The summed E-state index contributed by atoms with van der Waals surface area (Å²) in [6.45, 7) is 6.77. The van der Waals surface area contributed by atoms with Gasteiger partial charge in [-0.05, 0) is 12.8 Å². The van der Waals surface area contributed by atoms with Gasteiger partial charge in [-0.3, -0.25) is 4.90 Å². The van der Waals surface area contributed by atoms with Gasteiger partial charge in [0.15, 0.2) is 6.73 Å². The van der Waals surface area contributed by atoms with Crippen LogP contribution in [-0.4, -0.2) is 83.6 Å². The molecule has 0 radical (unpaired) electrons. The highest BCUT2D eigenvalue weighted by molar-refractivity contribution is 5.53. The molecule has 2 saturated heterocycles. The van der Waals surface area contributed by atoms with E-state index in [1.807, 2.05) is 0 Å². The third-order valence-electron chi connectivity index (χ3n) is 3.76. The smallest absolute Gasteiger partial charge is 0.251 e. The van der Waals surface area contributed by atoms with Crippen LogP contribution in [0.1, 0.15) is 25.7 Å². The lowest BCUT2D eigenvalue weighted by atomic mass is 10.4. The van der Waals surface area contributed by atoms with E-state index in [-0.39, 0.29) is 0 Å². The Balaban J connectivity index is 0.000000315. The molecule has 0 atom stereocenters. The van der Waals surface area contributed by atoms with Gasteiger partial charge in [-0.15, -0.1) is 0 Å². The molecule has 22 heavy (non-hydrogen) atoms. The first-order valence-corrected chi connectivity index (χ1v) is 7.76. The molecular formula is C15H32N2O5. The second kappa shape index (κ2) is 12.6. The van der Waals surface area contributed by atoms with Gasteiger partial charge in [-0.1, -0.05) is 0 Å². The van der Waals surface area contributed by atoms with Crippen LogP contribution in [-0.2, 0) is 14.2 Å². The van der Waals surface area contributed by atoms with E-state index in [2.05, 4.69) is 16.7 Å². The number of ether oxygens (including phenoxy) is 3. The van der Waals surface area contributed by atoms with Gasteiger partial charge in [0, 0.05) is 47.3 Å². The van der Waals surface area contributed by atoms with Gasteiger partial charge in [0.2, 0.25) is 0 Å². The number of methoxy groups -OCH3 is 3. The summed E-state index contributed by atoms with van der Waals surface area (Å²) in [4.78, 5) is 11.4. The number of carboxylic acid groups (broad SMARTS) is 1. The summed E-state index contributed by atoms with van der Waals surface area (Å²) < 4.78 is 14.7. The molecule has 0 aromatic carbocycles. The van der Waals surface area contributed by atoms with Gasteiger partial charge in [0.1, 0.15) is 0 Å². The van der Waals surface area contributed by atoms with Crippen LogP contribution in [0.4, 0.5) is 4.79 Å². The maximum absolute atomic E-state index is 9.03. The van der Waals surface area contributed by atoms with Crippen molar-refractivity contribution in [1.82, 2.24) is 4.90 Å². The summed E-state index contributed by atoms with van der Waals surface area (Å²) >= 11 is 0. The van der Waals surface area contributed by atoms with Gasteiger partial charge in [-0.2, -0.15) is 0 Å². The number of rotatable bonds is 4. The highest BCUT2D eigenvalue weighted by Crippen LogP contribution is 2.15. The van der Waals surface area contributed by atoms with Crippen molar-refractivity contribution in [2.24, 2.45) is 0 Å². The number of nitrogens with zero attached hydrogens (tertiary/aromatic N) is 2. The second-order valence-electron chi connectivity index (χ2n) is 5.89. The lowest BCUT2D eigenvalue weighted by Gasteiger charge is -2.27. The van der Waals surface area contributed by atoms with Crippen LogP contribution in [0.3, 0.4) is 0 Å². The Hall–Kier alpha value is -0.890. The monoisotopic (exact) mass is 320 g/mol. The second-order valence-corrected chi connectivity index (χ2v) is 5.89. The summed E-state index contributed by atoms with van der Waals surface area (Å²) in [5, 5.41) is 9.03. The predicted octanol–water partition coefficient (Wildman–Crippen LogP) is 0.493. The summed E-state index contributed by atoms with van der Waals surface area (Å²) in [6, 6.07) is 0. The SMILES string of the molecule is COC(=O)[O-].COCN1CCCC1.COC[N+]1(C)CCCC1. The molecule has 2 fully saturated rings. The maximum Gasteiger partial charge on any atom is 0.251 e. The first-order valence-electron chi connectivity index (χ1n) is 7.76. The lowest BCUT2D eigenvalue weighted by Crippen LogP contribution is -2.42. The molecule has 0 spiro atoms. The average Bonchev–Trinajstić information content (AvgIpc) is 3.13. The van der Waals surface area contributed by atoms with Gasteiger partial charge >= 0.3 is 0 Å². The molecule has 0 aliphatic carbocycles. The molecule has 2 heterocycles. The fourth-order valence-corrected chi connectivity index (χ4v) is 2.63. The quantitative estimate of drug-likeness (QED) is 0.555. The molecule has 0 N–H and O–H groups in total. The van der Waals surface area contributed by atoms with Crippen molar-refractivity contribution >= 4 is 6.16 Å². The topological polar surface area (TPSA) is 71.1 Å². The van der Waals surface area contributed by atoms with Crippen LogP contribution in [0.5, 0.6) is 0 Å². The molecule has 0 unspecified atom stereocenters. The van der Waals surface area contributed by atoms with E-state index in [1.54, 1.807) is 14.2 Å². The van der Waals surface area contributed by atoms with Crippen molar-refractivity contribution < 1.29 is 28.6 Å². The van der Waals surface area contributed by atoms with Crippen LogP contribution in [0.2, 0.25) is 0 Å². The Bertz CT molecular complexity index is 277. The van der Waals surface area contributed by atoms with Crippen molar-refractivity contribution in [2.45, 2.75) is 25.7 Å². The van der Waals surface area contributed by atoms with E-state index in [0.29, 0.717) is 0 Å². The number of quaternary nitrogens is 1. The number of hydrogen-bond acceptors (Lipinski definition) is 6. The molecule has 132 valence electrons. The van der Waals surface area contributed by atoms with Crippen LogP contribution in [0.25, 0.3) is 0 Å². The van der Waals surface area contributed by atoms with E-state index in [9.17, 15) is 0 Å². The molecule has 0 aromatic rings. The summed E-state index contributed by atoms with van der Waals surface area (Å²) in [7, 11) is 6.83. The van der Waals surface area contributed by atoms with Crippen LogP contribution < -0.4 is 5.11 Å². The molecule has 0 aromatic heterocycles. The summed E-state index contributed by atoms with van der Waals surface area (Å²) in [6.07, 6.45) is 3.96. The van der Waals surface area contributed by atoms with Gasteiger partial charge < -0.3 is 28.6 Å². The molecule has 0 bridgehead atoms. The Morgan fingerprint density at radius 3 is 1.91 bits per heavy atom. The summed E-state index contributed by atoms with van der Waals surface area (Å²) in [5.41, 5.74) is 0. The van der Waals surface area contributed by atoms with Crippen LogP contribution in [0, 0.1) is 0 Å². The Morgan fingerprint density at radius 2 is 1.55 bits per heavy atom. The van der Waals surface area contributed by atoms with E-state index in [1.165, 1.54) is 51.9 Å². The fourth-order valence-electron chi connectivity index (χ4n) is 2.63. The van der Waals surface area contributed by atoms with E-state index in [4.69, 9.17) is 19.4 Å². The molecule has 2 aliphatic heterocycles. The molecule has 7 heteroatoms. The Kier molecular flexibility index (Phi) is 12.1. The van der Waals surface area contributed by atoms with Gasteiger partial charge in [0.05, 0.1) is 26.9 Å². The molecule has 2 rings (SSSR count). The van der Waals surface area contributed by atoms with E-state index >= 15 is 0 Å². The zero-order valence-electron chi connectivity index (χ0n) is 14.5. The first-order chi connectivity index (χ1) is 10.5. The van der Waals surface area contributed by atoms with Crippen molar-refractivity contribution in [3.8, 4) is 0 Å². The first kappa shape index (κ1) is 21.1. The zero-order chi connectivity index (χ0) is 16.8. The zero-order valence-corrected chi connectivity index (χ0v) is 14.5. The van der Waals surface area contributed by atoms with Crippen molar-refractivity contribution in [3.05, 3.63) is 0 Å². The summed E-state index contributed by atoms with van der Waals surface area (Å²) in [5.74, 6) is 0. The minimum absolute atomic E-state index is 0.819. The van der Waals surface area contributed by atoms with Gasteiger partial charge in [-0.25, -0.2) is 0 Å². The third kappa shape index (κ3) is 10.8. The number of likely N-dealkylation sites (tertiary alicyclic amines) is 2. The number of carbonyl (C=O) groups is 1. The lowest BCUT2D eigenvalue weighted by molar-refractivity contribution is -0.916. The maximum atomic E-state index is 9.03. The molecule has 7 nitrogen and oxygen atoms in total. The Labute approximate surface area is 134 Å². The molecular weight excluding hydrogens is 288 g/mol. The average molecular weight is 320 g/mol. The number of hydrogen-bond donors (Lipinski definition) is 0. The highest BCUT2D eigenvalue weighted by atomic mass is 16.6. The molecule has 0 amide bonds. The largest absolute Gasteiger partial charge is 0.553 e. The normalized spacial score (nSPS) is 19.6. The van der Waals surface area contributed by atoms with Gasteiger partial charge in [0.25, 0.3) is 6.16 Å². The van der Waals surface area contributed by atoms with Crippen LogP contribution in [0.15, 0.2) is 0 Å². The van der Waals surface area contributed by atoms with Crippen molar-refractivity contribution in [3.63, 3.8) is 0 Å².